The van der Waals surface area contributed by atoms with Crippen molar-refractivity contribution in [2.24, 2.45) is 5.92 Å². The number of rotatable bonds is 3. The van der Waals surface area contributed by atoms with Crippen molar-refractivity contribution >= 4 is 23.3 Å². The Bertz CT molecular complexity index is 648. The Morgan fingerprint density at radius 1 is 1.41 bits per heavy atom. The smallest absolute Gasteiger partial charge is 0.278 e. The second-order valence-electron chi connectivity index (χ2n) is 4.81. The molecule has 0 aliphatic rings. The molecule has 0 spiro atoms. The molecule has 0 saturated heterocycles. The van der Waals surface area contributed by atoms with Crippen LogP contribution in [0.3, 0.4) is 0 Å². The summed E-state index contributed by atoms with van der Waals surface area (Å²) in [6, 6.07) is 1.90. The summed E-state index contributed by atoms with van der Waals surface area (Å²) in [6.45, 7) is 6.86. The van der Waals surface area contributed by atoms with Crippen molar-refractivity contribution < 1.29 is 0 Å². The van der Waals surface area contributed by atoms with Gasteiger partial charge in [-0.25, -0.2) is 0 Å². The number of aromatic nitrogens is 3. The van der Waals surface area contributed by atoms with Gasteiger partial charge in [0.1, 0.15) is 5.52 Å². The van der Waals surface area contributed by atoms with Gasteiger partial charge in [0.15, 0.2) is 4.77 Å². The van der Waals surface area contributed by atoms with E-state index >= 15 is 0 Å². The van der Waals surface area contributed by atoms with E-state index in [9.17, 15) is 4.79 Å². The summed E-state index contributed by atoms with van der Waals surface area (Å²) >= 11 is 5.22. The minimum Gasteiger partial charge on any atom is -0.353 e. The molecule has 0 aromatic carbocycles. The summed E-state index contributed by atoms with van der Waals surface area (Å²) in [5.41, 5.74) is 2.33. The molecule has 0 aliphatic carbocycles. The van der Waals surface area contributed by atoms with Crippen LogP contribution >= 0.6 is 12.2 Å². The Balaban J connectivity index is 2.56. The van der Waals surface area contributed by atoms with Crippen LogP contribution in [-0.4, -0.2) is 14.5 Å². The summed E-state index contributed by atoms with van der Waals surface area (Å²) in [6.07, 6.45) is 0.947. The lowest BCUT2D eigenvalue weighted by atomic mass is 10.1. The highest BCUT2D eigenvalue weighted by Crippen LogP contribution is 2.09. The SMILES string of the molecule is Cc1cc2[nH]c(=S)n(CCC(C)C)c(=O)c2[nH]1. The Kier molecular flexibility index (Phi) is 3.19. The quantitative estimate of drug-likeness (QED) is 0.824. The molecule has 2 aromatic rings. The van der Waals surface area contributed by atoms with E-state index in [1.165, 1.54) is 0 Å². The average molecular weight is 251 g/mol. The van der Waals surface area contributed by atoms with Crippen molar-refractivity contribution in [2.45, 2.75) is 33.7 Å². The first-order valence-corrected chi connectivity index (χ1v) is 6.22. The molecule has 92 valence electrons. The van der Waals surface area contributed by atoms with Gasteiger partial charge < -0.3 is 9.97 Å². The molecule has 2 heterocycles. The molecule has 0 fully saturated rings. The van der Waals surface area contributed by atoms with E-state index in [1.807, 2.05) is 13.0 Å². The standard InChI is InChI=1S/C12H17N3OS/c1-7(2)4-5-15-11(16)10-9(14-12(15)17)6-8(3)13-10/h6-7,13H,4-5H2,1-3H3,(H,14,17). The third kappa shape index (κ3) is 2.34. The molecule has 17 heavy (non-hydrogen) atoms. The maximum Gasteiger partial charge on any atom is 0.278 e. The molecule has 0 aliphatic heterocycles. The lowest BCUT2D eigenvalue weighted by molar-refractivity contribution is 0.502. The molecule has 0 bridgehead atoms. The third-order valence-electron chi connectivity index (χ3n) is 2.83. The van der Waals surface area contributed by atoms with Crippen LogP contribution in [0.25, 0.3) is 11.0 Å². The van der Waals surface area contributed by atoms with Crippen LogP contribution in [0, 0.1) is 17.6 Å². The van der Waals surface area contributed by atoms with Gasteiger partial charge in [0.2, 0.25) is 0 Å². The monoisotopic (exact) mass is 251 g/mol. The first-order valence-electron chi connectivity index (χ1n) is 5.81. The van der Waals surface area contributed by atoms with Gasteiger partial charge in [0, 0.05) is 12.2 Å². The zero-order valence-electron chi connectivity index (χ0n) is 10.3. The van der Waals surface area contributed by atoms with Gasteiger partial charge in [-0.1, -0.05) is 13.8 Å². The topological polar surface area (TPSA) is 53.6 Å². The highest BCUT2D eigenvalue weighted by atomic mass is 32.1. The minimum absolute atomic E-state index is 0.0301. The average Bonchev–Trinajstić information content (AvgIpc) is 2.58. The van der Waals surface area contributed by atoms with Crippen molar-refractivity contribution in [1.82, 2.24) is 14.5 Å². The fourth-order valence-electron chi connectivity index (χ4n) is 1.86. The van der Waals surface area contributed by atoms with Crippen LogP contribution in [0.5, 0.6) is 0 Å². The molecule has 0 saturated carbocycles. The van der Waals surface area contributed by atoms with Crippen molar-refractivity contribution in [3.8, 4) is 0 Å². The van der Waals surface area contributed by atoms with Crippen LogP contribution in [0.1, 0.15) is 26.0 Å². The number of hydrogen-bond acceptors (Lipinski definition) is 2. The highest BCUT2D eigenvalue weighted by Gasteiger charge is 2.08. The Morgan fingerprint density at radius 2 is 2.12 bits per heavy atom. The molecule has 5 heteroatoms. The number of hydrogen-bond donors (Lipinski definition) is 2. The van der Waals surface area contributed by atoms with Crippen molar-refractivity contribution in [1.29, 1.82) is 0 Å². The molecular formula is C12H17N3OS. The molecule has 2 N–H and O–H groups in total. The Hall–Kier alpha value is -1.36. The van der Waals surface area contributed by atoms with E-state index in [4.69, 9.17) is 12.2 Å². The number of fused-ring (bicyclic) bond motifs is 1. The van der Waals surface area contributed by atoms with Gasteiger partial charge >= 0.3 is 0 Å². The molecule has 2 rings (SSSR count). The molecule has 2 aromatic heterocycles. The van der Waals surface area contributed by atoms with E-state index in [0.717, 1.165) is 17.6 Å². The number of nitrogens with zero attached hydrogens (tertiary/aromatic N) is 1. The molecular weight excluding hydrogens is 234 g/mol. The van der Waals surface area contributed by atoms with Crippen LogP contribution in [0.4, 0.5) is 0 Å². The molecule has 0 atom stereocenters. The maximum atomic E-state index is 12.2. The molecule has 0 unspecified atom stereocenters. The van der Waals surface area contributed by atoms with Crippen LogP contribution in [0.2, 0.25) is 0 Å². The second-order valence-corrected chi connectivity index (χ2v) is 5.20. The fourth-order valence-corrected chi connectivity index (χ4v) is 2.14. The lowest BCUT2D eigenvalue weighted by Crippen LogP contribution is -2.23. The molecule has 4 nitrogen and oxygen atoms in total. The highest BCUT2D eigenvalue weighted by molar-refractivity contribution is 7.71. The minimum atomic E-state index is -0.0301. The van der Waals surface area contributed by atoms with E-state index < -0.39 is 0 Å². The first-order chi connectivity index (χ1) is 7.99. The number of aromatic amines is 2. The van der Waals surface area contributed by atoms with E-state index in [2.05, 4.69) is 23.8 Å². The zero-order chi connectivity index (χ0) is 12.6. The van der Waals surface area contributed by atoms with Gasteiger partial charge in [-0.15, -0.1) is 0 Å². The number of aryl methyl sites for hydroxylation is 1. The van der Waals surface area contributed by atoms with E-state index in [-0.39, 0.29) is 5.56 Å². The van der Waals surface area contributed by atoms with Gasteiger partial charge in [0.25, 0.3) is 5.56 Å². The number of nitrogens with one attached hydrogen (secondary N) is 2. The van der Waals surface area contributed by atoms with Crippen molar-refractivity contribution in [3.05, 3.63) is 26.9 Å². The summed E-state index contributed by atoms with van der Waals surface area (Å²) in [7, 11) is 0. The van der Waals surface area contributed by atoms with E-state index in [0.29, 0.717) is 22.8 Å². The first kappa shape index (κ1) is 12.1. The third-order valence-corrected chi connectivity index (χ3v) is 3.15. The maximum absolute atomic E-state index is 12.2. The summed E-state index contributed by atoms with van der Waals surface area (Å²) in [5, 5.41) is 0. The zero-order valence-corrected chi connectivity index (χ0v) is 11.1. The molecule has 0 amide bonds. The fraction of sp³-hybridized carbons (Fsp3) is 0.500. The van der Waals surface area contributed by atoms with Crippen LogP contribution in [0.15, 0.2) is 10.9 Å². The Morgan fingerprint density at radius 3 is 2.76 bits per heavy atom. The van der Waals surface area contributed by atoms with Gasteiger partial charge in [-0.3, -0.25) is 9.36 Å². The van der Waals surface area contributed by atoms with Crippen LogP contribution in [-0.2, 0) is 6.54 Å². The second kappa shape index (κ2) is 4.49. The summed E-state index contributed by atoms with van der Waals surface area (Å²) in [5.74, 6) is 0.553. The predicted molar refractivity (Wildman–Crippen MR) is 71.9 cm³/mol. The largest absolute Gasteiger partial charge is 0.353 e. The van der Waals surface area contributed by atoms with Crippen molar-refractivity contribution in [3.63, 3.8) is 0 Å². The van der Waals surface area contributed by atoms with Crippen molar-refractivity contribution in [2.75, 3.05) is 0 Å². The van der Waals surface area contributed by atoms with Gasteiger partial charge in [-0.2, -0.15) is 0 Å². The van der Waals surface area contributed by atoms with Gasteiger partial charge in [-0.05, 0) is 37.5 Å². The predicted octanol–water partition coefficient (Wildman–Crippen LogP) is 2.74. The number of H-pyrrole nitrogens is 2. The van der Waals surface area contributed by atoms with Crippen LogP contribution < -0.4 is 5.56 Å². The van der Waals surface area contributed by atoms with Gasteiger partial charge in [0.05, 0.1) is 5.52 Å². The Labute approximate surface area is 105 Å². The van der Waals surface area contributed by atoms with E-state index in [1.54, 1.807) is 4.57 Å². The summed E-state index contributed by atoms with van der Waals surface area (Å²) in [4.78, 5) is 18.4. The molecule has 0 radical (unpaired) electrons. The summed E-state index contributed by atoms with van der Waals surface area (Å²) < 4.78 is 2.13. The normalized spacial score (nSPS) is 11.5. The lowest BCUT2D eigenvalue weighted by Gasteiger charge is -2.08.